The molecule has 0 fully saturated rings. The number of likely N-dealkylation sites (N-methyl/N-ethyl adjacent to an activating group) is 1. The molecule has 7 heteroatoms. The van der Waals surface area contributed by atoms with E-state index in [9.17, 15) is 9.59 Å². The number of rotatable bonds is 6. The van der Waals surface area contributed by atoms with Gasteiger partial charge in [0.1, 0.15) is 12.4 Å². The van der Waals surface area contributed by atoms with E-state index in [-0.39, 0.29) is 24.9 Å². The highest BCUT2D eigenvalue weighted by molar-refractivity contribution is 9.10. The summed E-state index contributed by atoms with van der Waals surface area (Å²) in [6, 6.07) is 24.3. The molecule has 2 amide bonds. The Morgan fingerprint density at radius 1 is 0.968 bits per heavy atom. The predicted molar refractivity (Wildman–Crippen MR) is 125 cm³/mol. The number of benzene rings is 3. The largest absolute Gasteiger partial charge is 0.345 e. The van der Waals surface area contributed by atoms with Crippen molar-refractivity contribution in [3.63, 3.8) is 0 Å². The van der Waals surface area contributed by atoms with Crippen molar-refractivity contribution in [2.24, 2.45) is 0 Å². The first kappa shape index (κ1) is 20.8. The van der Waals surface area contributed by atoms with Gasteiger partial charge in [0.05, 0.1) is 17.6 Å². The number of halogens is 1. The summed E-state index contributed by atoms with van der Waals surface area (Å²) in [4.78, 5) is 31.8. The van der Waals surface area contributed by atoms with Gasteiger partial charge in [-0.2, -0.15) is 0 Å². The monoisotopic (exact) mass is 476 g/mol. The molecule has 1 N–H and O–H groups in total. The van der Waals surface area contributed by atoms with E-state index < -0.39 is 0 Å². The standard InChI is InChI=1S/C24H21BrN4O2/c1-28(19-7-3-2-4-8-19)23(30)16-29-21-10-6-5-9-20(21)27-22(29)15-26-24(31)17-11-13-18(25)14-12-17/h2-14H,15-16H2,1H3,(H,26,31). The summed E-state index contributed by atoms with van der Waals surface area (Å²) < 4.78 is 2.77. The van der Waals surface area contributed by atoms with Crippen molar-refractivity contribution in [3.05, 3.63) is 94.7 Å². The van der Waals surface area contributed by atoms with Crippen molar-refractivity contribution < 1.29 is 9.59 Å². The first-order valence-electron chi connectivity index (χ1n) is 9.82. The van der Waals surface area contributed by atoms with Crippen LogP contribution < -0.4 is 10.2 Å². The van der Waals surface area contributed by atoms with E-state index in [0.29, 0.717) is 11.4 Å². The number of aromatic nitrogens is 2. The molecular weight excluding hydrogens is 456 g/mol. The average molecular weight is 477 g/mol. The Bertz CT molecular complexity index is 1220. The highest BCUT2D eigenvalue weighted by atomic mass is 79.9. The van der Waals surface area contributed by atoms with Crippen LogP contribution in [0.4, 0.5) is 5.69 Å². The van der Waals surface area contributed by atoms with Gasteiger partial charge in [-0.3, -0.25) is 9.59 Å². The highest BCUT2D eigenvalue weighted by Crippen LogP contribution is 2.18. The van der Waals surface area contributed by atoms with Crippen LogP contribution in [0.1, 0.15) is 16.2 Å². The zero-order valence-electron chi connectivity index (χ0n) is 17.0. The second kappa shape index (κ2) is 9.14. The molecule has 1 heterocycles. The Kier molecular flexibility index (Phi) is 6.13. The third kappa shape index (κ3) is 4.67. The molecule has 4 rings (SSSR count). The van der Waals surface area contributed by atoms with E-state index in [2.05, 4.69) is 26.2 Å². The van der Waals surface area contributed by atoms with E-state index in [0.717, 1.165) is 21.2 Å². The molecule has 0 saturated heterocycles. The topological polar surface area (TPSA) is 67.2 Å². The number of carbonyl (C=O) groups excluding carboxylic acids is 2. The van der Waals surface area contributed by atoms with Gasteiger partial charge in [0.25, 0.3) is 5.91 Å². The van der Waals surface area contributed by atoms with Gasteiger partial charge in [0.2, 0.25) is 5.91 Å². The van der Waals surface area contributed by atoms with Gasteiger partial charge in [0.15, 0.2) is 0 Å². The second-order valence-corrected chi connectivity index (χ2v) is 8.00. The second-order valence-electron chi connectivity index (χ2n) is 7.08. The van der Waals surface area contributed by atoms with Crippen molar-refractivity contribution in [2.45, 2.75) is 13.1 Å². The normalized spacial score (nSPS) is 10.8. The van der Waals surface area contributed by atoms with Gasteiger partial charge in [-0.1, -0.05) is 46.3 Å². The van der Waals surface area contributed by atoms with Crippen LogP contribution in [0.3, 0.4) is 0 Å². The molecule has 0 aliphatic rings. The summed E-state index contributed by atoms with van der Waals surface area (Å²) in [6.45, 7) is 0.335. The van der Waals surface area contributed by atoms with Crippen LogP contribution in [0, 0.1) is 0 Å². The quantitative estimate of drug-likeness (QED) is 0.448. The van der Waals surface area contributed by atoms with Gasteiger partial charge in [-0.25, -0.2) is 4.98 Å². The number of nitrogens with zero attached hydrogens (tertiary/aromatic N) is 3. The van der Waals surface area contributed by atoms with Crippen LogP contribution in [0.2, 0.25) is 0 Å². The summed E-state index contributed by atoms with van der Waals surface area (Å²) in [7, 11) is 1.76. The van der Waals surface area contributed by atoms with E-state index in [1.165, 1.54) is 0 Å². The maximum absolute atomic E-state index is 13.0. The minimum absolute atomic E-state index is 0.0742. The van der Waals surface area contributed by atoms with Gasteiger partial charge in [0, 0.05) is 22.8 Å². The molecule has 0 aliphatic carbocycles. The number of anilines is 1. The highest BCUT2D eigenvalue weighted by Gasteiger charge is 2.17. The maximum Gasteiger partial charge on any atom is 0.251 e. The van der Waals surface area contributed by atoms with Crippen molar-refractivity contribution >= 4 is 44.5 Å². The molecule has 4 aromatic rings. The summed E-state index contributed by atoms with van der Waals surface area (Å²) >= 11 is 3.37. The van der Waals surface area contributed by atoms with Crippen LogP contribution in [0.15, 0.2) is 83.3 Å². The molecule has 3 aromatic carbocycles. The zero-order valence-corrected chi connectivity index (χ0v) is 18.5. The van der Waals surface area contributed by atoms with Crippen LogP contribution in [0.5, 0.6) is 0 Å². The van der Waals surface area contributed by atoms with Crippen LogP contribution >= 0.6 is 15.9 Å². The fourth-order valence-corrected chi connectivity index (χ4v) is 3.60. The van der Waals surface area contributed by atoms with E-state index in [1.807, 2.05) is 71.3 Å². The number of para-hydroxylation sites is 3. The molecular formula is C24H21BrN4O2. The lowest BCUT2D eigenvalue weighted by Crippen LogP contribution is -2.31. The zero-order chi connectivity index (χ0) is 21.8. The summed E-state index contributed by atoms with van der Waals surface area (Å²) in [5, 5.41) is 2.91. The van der Waals surface area contributed by atoms with Gasteiger partial charge in [-0.05, 0) is 48.5 Å². The molecule has 0 radical (unpaired) electrons. The summed E-state index contributed by atoms with van der Waals surface area (Å²) in [5.41, 5.74) is 3.02. The van der Waals surface area contributed by atoms with Crippen molar-refractivity contribution in [1.29, 1.82) is 0 Å². The van der Waals surface area contributed by atoms with Crippen LogP contribution in [0.25, 0.3) is 11.0 Å². The Balaban J connectivity index is 1.56. The molecule has 6 nitrogen and oxygen atoms in total. The minimum atomic E-state index is -0.196. The molecule has 1 aromatic heterocycles. The number of carbonyl (C=O) groups is 2. The third-order valence-electron chi connectivity index (χ3n) is 5.06. The molecule has 0 saturated carbocycles. The van der Waals surface area contributed by atoms with Crippen LogP contribution in [-0.2, 0) is 17.9 Å². The smallest absolute Gasteiger partial charge is 0.251 e. The van der Waals surface area contributed by atoms with Crippen molar-refractivity contribution in [2.75, 3.05) is 11.9 Å². The first-order valence-corrected chi connectivity index (χ1v) is 10.6. The number of hydrogen-bond acceptors (Lipinski definition) is 3. The predicted octanol–water partition coefficient (Wildman–Crippen LogP) is 4.39. The summed E-state index contributed by atoms with van der Waals surface area (Å²) in [6.07, 6.45) is 0. The SMILES string of the molecule is CN(C(=O)Cn1c(CNC(=O)c2ccc(Br)cc2)nc2ccccc21)c1ccccc1. The first-order chi connectivity index (χ1) is 15.0. The number of fused-ring (bicyclic) bond motifs is 1. The van der Waals surface area contributed by atoms with Gasteiger partial charge in [-0.15, -0.1) is 0 Å². The molecule has 156 valence electrons. The number of imidazole rings is 1. The molecule has 0 unspecified atom stereocenters. The molecule has 0 atom stereocenters. The van der Waals surface area contributed by atoms with E-state index in [1.54, 1.807) is 24.1 Å². The van der Waals surface area contributed by atoms with Crippen molar-refractivity contribution in [1.82, 2.24) is 14.9 Å². The Morgan fingerprint density at radius 3 is 2.39 bits per heavy atom. The minimum Gasteiger partial charge on any atom is -0.345 e. The molecule has 31 heavy (non-hydrogen) atoms. The lowest BCUT2D eigenvalue weighted by atomic mass is 10.2. The molecule has 0 aliphatic heterocycles. The van der Waals surface area contributed by atoms with Gasteiger partial charge >= 0.3 is 0 Å². The third-order valence-corrected chi connectivity index (χ3v) is 5.59. The van der Waals surface area contributed by atoms with E-state index in [4.69, 9.17) is 0 Å². The number of amides is 2. The van der Waals surface area contributed by atoms with Crippen LogP contribution in [-0.4, -0.2) is 28.4 Å². The number of hydrogen-bond donors (Lipinski definition) is 1. The maximum atomic E-state index is 13.0. The number of nitrogens with one attached hydrogen (secondary N) is 1. The summed E-state index contributed by atoms with van der Waals surface area (Å²) in [5.74, 6) is 0.357. The Labute approximate surface area is 188 Å². The molecule has 0 spiro atoms. The average Bonchev–Trinajstić information content (AvgIpc) is 3.15. The fourth-order valence-electron chi connectivity index (χ4n) is 3.34. The Morgan fingerprint density at radius 2 is 1.65 bits per heavy atom. The van der Waals surface area contributed by atoms with E-state index >= 15 is 0 Å². The lowest BCUT2D eigenvalue weighted by molar-refractivity contribution is -0.118. The fraction of sp³-hybridized carbons (Fsp3) is 0.125. The molecule has 0 bridgehead atoms. The lowest BCUT2D eigenvalue weighted by Gasteiger charge is -2.19. The Hall–Kier alpha value is -3.45. The van der Waals surface area contributed by atoms with Crippen molar-refractivity contribution in [3.8, 4) is 0 Å². The van der Waals surface area contributed by atoms with Gasteiger partial charge < -0.3 is 14.8 Å².